The van der Waals surface area contributed by atoms with Gasteiger partial charge in [0.2, 0.25) is 5.78 Å². The van der Waals surface area contributed by atoms with Crippen LogP contribution in [0.2, 0.25) is 0 Å². The van der Waals surface area contributed by atoms with Crippen molar-refractivity contribution in [3.05, 3.63) is 52.0 Å². The molecule has 6 N–H and O–H groups in total. The van der Waals surface area contributed by atoms with Crippen LogP contribution in [0.25, 0.3) is 0 Å². The fourth-order valence-corrected chi connectivity index (χ4v) is 6.57. The minimum absolute atomic E-state index is 0.107. The molecule has 1 aromatic carbocycles. The monoisotopic (exact) mass is 526 g/mol. The predicted octanol–water partition coefficient (Wildman–Crippen LogP) is 1.00. The van der Waals surface area contributed by atoms with Gasteiger partial charge in [0.25, 0.3) is 5.91 Å². The summed E-state index contributed by atoms with van der Waals surface area (Å²) >= 11 is 0. The number of phenolic OH excluding ortho intramolecular Hbond substituents is 1. The SMILES string of the molecule is CC1c2cccc(O)c2C(=O)C2=C(O)[C@]3(O)C(=O)C(C(N)=O)=C(O)[C@@H](N(C)C)[C@@H]3[C@@H](OC(=O)C3CCC3)[C@@H]21. The lowest BCUT2D eigenvalue weighted by molar-refractivity contribution is -0.185. The average molecular weight is 527 g/mol. The lowest BCUT2D eigenvalue weighted by Gasteiger charge is -2.54. The van der Waals surface area contributed by atoms with Crippen molar-refractivity contribution in [3.63, 3.8) is 0 Å². The van der Waals surface area contributed by atoms with Gasteiger partial charge in [-0.15, -0.1) is 0 Å². The second kappa shape index (κ2) is 8.67. The van der Waals surface area contributed by atoms with Gasteiger partial charge in [0, 0.05) is 11.5 Å². The number of Topliss-reactive ketones (excluding diaryl/α,β-unsaturated/α-hetero) is 2. The van der Waals surface area contributed by atoms with Gasteiger partial charge >= 0.3 is 5.97 Å². The van der Waals surface area contributed by atoms with Crippen LogP contribution in [0.3, 0.4) is 0 Å². The van der Waals surface area contributed by atoms with E-state index in [0.717, 1.165) is 6.42 Å². The van der Waals surface area contributed by atoms with Crippen LogP contribution in [-0.2, 0) is 19.1 Å². The van der Waals surface area contributed by atoms with Crippen LogP contribution in [0.15, 0.2) is 40.9 Å². The zero-order valence-electron chi connectivity index (χ0n) is 21.2. The number of carbonyl (C=O) groups is 4. The highest BCUT2D eigenvalue weighted by Gasteiger charge is 2.68. The van der Waals surface area contributed by atoms with Crippen molar-refractivity contribution in [1.82, 2.24) is 4.90 Å². The minimum Gasteiger partial charge on any atom is -0.510 e. The molecule has 0 aromatic heterocycles. The number of phenols is 1. The predicted molar refractivity (Wildman–Crippen MR) is 131 cm³/mol. The molecule has 4 aliphatic rings. The molecule has 0 bridgehead atoms. The Bertz CT molecular complexity index is 1340. The number of aliphatic hydroxyl groups is 3. The van der Waals surface area contributed by atoms with E-state index < -0.39 is 87.5 Å². The number of ether oxygens (including phenoxy) is 1. The number of likely N-dealkylation sites (N-methyl/N-ethyl adjacent to an activating group) is 1. The Morgan fingerprint density at radius 1 is 1.13 bits per heavy atom. The molecule has 0 aliphatic heterocycles. The first-order valence-electron chi connectivity index (χ1n) is 12.5. The van der Waals surface area contributed by atoms with Crippen molar-refractivity contribution in [2.24, 2.45) is 23.5 Å². The van der Waals surface area contributed by atoms with Gasteiger partial charge in [-0.05, 0) is 44.5 Å². The van der Waals surface area contributed by atoms with Crippen molar-refractivity contribution in [1.29, 1.82) is 0 Å². The third-order valence-electron chi connectivity index (χ3n) is 8.66. The second-order valence-electron chi connectivity index (χ2n) is 10.8. The molecule has 202 valence electrons. The van der Waals surface area contributed by atoms with Crippen LogP contribution in [0.1, 0.15) is 48.0 Å². The molecule has 0 spiro atoms. The molecule has 1 saturated carbocycles. The summed E-state index contributed by atoms with van der Waals surface area (Å²) in [5, 5.41) is 45.1. The Hall–Kier alpha value is -3.70. The zero-order valence-corrected chi connectivity index (χ0v) is 21.2. The first-order chi connectivity index (χ1) is 17.8. The number of aliphatic hydroxyl groups excluding tert-OH is 2. The van der Waals surface area contributed by atoms with E-state index >= 15 is 0 Å². The van der Waals surface area contributed by atoms with Crippen LogP contribution in [0.5, 0.6) is 5.75 Å². The fourth-order valence-electron chi connectivity index (χ4n) is 6.57. The summed E-state index contributed by atoms with van der Waals surface area (Å²) in [7, 11) is 3.03. The number of nitrogens with zero attached hydrogens (tertiary/aromatic N) is 1. The highest BCUT2D eigenvalue weighted by molar-refractivity contribution is 6.25. The van der Waals surface area contributed by atoms with E-state index in [1.54, 1.807) is 19.1 Å². The molecule has 1 unspecified atom stereocenters. The highest BCUT2D eigenvalue weighted by atomic mass is 16.5. The van der Waals surface area contributed by atoms with Gasteiger partial charge in [0.05, 0.1) is 23.4 Å². The van der Waals surface area contributed by atoms with Crippen molar-refractivity contribution in [2.45, 2.75) is 49.9 Å². The summed E-state index contributed by atoms with van der Waals surface area (Å²) in [5.41, 5.74) is 1.48. The van der Waals surface area contributed by atoms with E-state index in [9.17, 15) is 39.6 Å². The number of carbonyl (C=O) groups excluding carboxylic acids is 4. The lowest BCUT2D eigenvalue weighted by atomic mass is 9.55. The molecule has 11 nitrogen and oxygen atoms in total. The van der Waals surface area contributed by atoms with Crippen LogP contribution >= 0.6 is 0 Å². The van der Waals surface area contributed by atoms with Gasteiger partial charge in [0.1, 0.15) is 28.9 Å². The molecular weight excluding hydrogens is 496 g/mol. The molecule has 0 heterocycles. The van der Waals surface area contributed by atoms with E-state index in [-0.39, 0.29) is 11.3 Å². The lowest BCUT2D eigenvalue weighted by Crippen LogP contribution is -2.69. The minimum atomic E-state index is -2.93. The van der Waals surface area contributed by atoms with Crippen molar-refractivity contribution >= 4 is 23.4 Å². The Morgan fingerprint density at radius 2 is 1.79 bits per heavy atom. The number of hydrogen-bond acceptors (Lipinski definition) is 10. The average Bonchev–Trinajstić information content (AvgIpc) is 2.79. The molecule has 4 aliphatic carbocycles. The number of ketones is 2. The number of rotatable bonds is 4. The number of fused-ring (bicyclic) bond motifs is 3. The third-order valence-corrected chi connectivity index (χ3v) is 8.66. The van der Waals surface area contributed by atoms with E-state index in [1.807, 2.05) is 0 Å². The smallest absolute Gasteiger partial charge is 0.309 e. The van der Waals surface area contributed by atoms with E-state index in [4.69, 9.17) is 10.5 Å². The number of esters is 1. The molecule has 5 rings (SSSR count). The van der Waals surface area contributed by atoms with Crippen molar-refractivity contribution < 1.29 is 44.3 Å². The fraction of sp³-hybridized carbons (Fsp3) is 0.481. The Morgan fingerprint density at radius 3 is 2.34 bits per heavy atom. The maximum absolute atomic E-state index is 13.8. The second-order valence-corrected chi connectivity index (χ2v) is 10.8. The molecule has 0 radical (unpaired) electrons. The number of hydrogen-bond donors (Lipinski definition) is 5. The number of nitrogens with two attached hydrogens (primary N) is 1. The highest BCUT2D eigenvalue weighted by Crippen LogP contribution is 2.56. The summed E-state index contributed by atoms with van der Waals surface area (Å²) in [6.45, 7) is 1.72. The number of primary amides is 1. The zero-order chi connectivity index (χ0) is 27.8. The Kier molecular flexibility index (Phi) is 5.92. The molecule has 0 saturated heterocycles. The normalized spacial score (nSPS) is 32.9. The topological polar surface area (TPSA) is 188 Å². The molecule has 1 aromatic rings. The summed E-state index contributed by atoms with van der Waals surface area (Å²) in [5.74, 6) is -9.83. The molecule has 6 atom stereocenters. The van der Waals surface area contributed by atoms with Gasteiger partial charge in [0.15, 0.2) is 11.4 Å². The summed E-state index contributed by atoms with van der Waals surface area (Å²) < 4.78 is 6.00. The molecular formula is C27H30N2O9. The van der Waals surface area contributed by atoms with E-state index in [2.05, 4.69) is 0 Å². The van der Waals surface area contributed by atoms with Crippen LogP contribution in [0.4, 0.5) is 0 Å². The van der Waals surface area contributed by atoms with Crippen molar-refractivity contribution in [2.75, 3.05) is 14.1 Å². The van der Waals surface area contributed by atoms with Gasteiger partial charge in [-0.2, -0.15) is 0 Å². The van der Waals surface area contributed by atoms with Crippen LogP contribution < -0.4 is 5.73 Å². The van der Waals surface area contributed by atoms with Crippen LogP contribution in [-0.4, -0.2) is 80.6 Å². The van der Waals surface area contributed by atoms with Gasteiger partial charge < -0.3 is 30.9 Å². The van der Waals surface area contributed by atoms with E-state index in [1.165, 1.54) is 25.1 Å². The Labute approximate surface area is 218 Å². The van der Waals surface area contributed by atoms with Gasteiger partial charge in [-0.25, -0.2) is 0 Å². The number of amides is 1. The summed E-state index contributed by atoms with van der Waals surface area (Å²) in [4.78, 5) is 54.2. The molecule has 38 heavy (non-hydrogen) atoms. The maximum atomic E-state index is 13.8. The number of benzene rings is 1. The quantitative estimate of drug-likeness (QED) is 0.280. The molecule has 1 fully saturated rings. The van der Waals surface area contributed by atoms with Gasteiger partial charge in [-0.1, -0.05) is 25.5 Å². The largest absolute Gasteiger partial charge is 0.510 e. The van der Waals surface area contributed by atoms with E-state index in [0.29, 0.717) is 18.4 Å². The number of aromatic hydroxyl groups is 1. The molecule has 11 heteroatoms. The van der Waals surface area contributed by atoms with Gasteiger partial charge in [-0.3, -0.25) is 24.1 Å². The third kappa shape index (κ3) is 3.27. The maximum Gasteiger partial charge on any atom is 0.309 e. The summed E-state index contributed by atoms with van der Waals surface area (Å²) in [6, 6.07) is 3.20. The Balaban J connectivity index is 1.81. The van der Waals surface area contributed by atoms with Crippen molar-refractivity contribution in [3.8, 4) is 5.75 Å². The first-order valence-corrected chi connectivity index (χ1v) is 12.5. The summed E-state index contributed by atoms with van der Waals surface area (Å²) in [6.07, 6.45) is 0.648. The first kappa shape index (κ1) is 25.9. The van der Waals surface area contributed by atoms with Crippen LogP contribution in [0, 0.1) is 17.8 Å². The molecule has 1 amide bonds. The standard InChI is InChI=1S/C27H30N2O9/c1-10-12-8-5-9-13(30)15(12)20(31)16-14(10)22(38-26(36)11-6-4-7-11)18-19(29(2)3)21(32)17(25(28)35)24(34)27(18,37)23(16)33/h5,8-11,14,18-19,22,30,32-33,37H,4,6-7H2,1-3H3,(H2,28,35)/t10?,14-,18-,19+,22+,27+/m1/s1.